The number of ether oxygens (including phenoxy) is 3. The Kier molecular flexibility index (Phi) is 4.72. The van der Waals surface area contributed by atoms with Crippen molar-refractivity contribution >= 4 is 11.6 Å². The zero-order valence-electron chi connectivity index (χ0n) is 10.3. The Bertz CT molecular complexity index is 478. The SMILES string of the molecule is N#CCOc1ccccc1NC(=O)C1COCCO1. The summed E-state index contributed by atoms with van der Waals surface area (Å²) in [5.41, 5.74) is 0.511. The van der Waals surface area contributed by atoms with Gasteiger partial charge < -0.3 is 19.5 Å². The molecule has 1 unspecified atom stereocenters. The van der Waals surface area contributed by atoms with Crippen LogP contribution in [0.5, 0.6) is 5.75 Å². The van der Waals surface area contributed by atoms with Crippen LogP contribution >= 0.6 is 0 Å². The standard InChI is InChI=1S/C13H14N2O4/c14-5-6-18-11-4-2-1-3-10(11)15-13(16)12-9-17-7-8-19-12/h1-4,12H,6-9H2,(H,15,16). The molecule has 1 fully saturated rings. The van der Waals surface area contributed by atoms with Crippen LogP contribution < -0.4 is 10.1 Å². The molecular weight excluding hydrogens is 248 g/mol. The van der Waals surface area contributed by atoms with Crippen molar-refractivity contribution in [2.45, 2.75) is 6.10 Å². The van der Waals surface area contributed by atoms with Crippen LogP contribution in [0.4, 0.5) is 5.69 Å². The molecule has 0 saturated carbocycles. The summed E-state index contributed by atoms with van der Waals surface area (Å²) in [7, 11) is 0. The van der Waals surface area contributed by atoms with Crippen molar-refractivity contribution in [3.8, 4) is 11.8 Å². The lowest BCUT2D eigenvalue weighted by Gasteiger charge is -2.22. The molecule has 0 bridgehead atoms. The molecule has 0 radical (unpaired) electrons. The third-order valence-corrected chi connectivity index (χ3v) is 2.55. The molecule has 0 aromatic heterocycles. The lowest BCUT2D eigenvalue weighted by atomic mass is 10.2. The lowest BCUT2D eigenvalue weighted by molar-refractivity contribution is -0.142. The summed E-state index contributed by atoms with van der Waals surface area (Å²) >= 11 is 0. The van der Waals surface area contributed by atoms with Gasteiger partial charge in [-0.25, -0.2) is 0 Å². The summed E-state index contributed by atoms with van der Waals surface area (Å²) in [5.74, 6) is 0.168. The minimum absolute atomic E-state index is 0.0735. The zero-order valence-corrected chi connectivity index (χ0v) is 10.3. The molecule has 1 saturated heterocycles. The van der Waals surface area contributed by atoms with E-state index in [9.17, 15) is 4.79 Å². The van der Waals surface area contributed by atoms with Gasteiger partial charge in [0.2, 0.25) is 0 Å². The van der Waals surface area contributed by atoms with Crippen LogP contribution in [-0.4, -0.2) is 38.4 Å². The Morgan fingerprint density at radius 3 is 3.05 bits per heavy atom. The smallest absolute Gasteiger partial charge is 0.256 e. The second-order valence-electron chi connectivity index (χ2n) is 3.87. The molecule has 100 valence electrons. The van der Waals surface area contributed by atoms with Gasteiger partial charge in [-0.05, 0) is 12.1 Å². The summed E-state index contributed by atoms with van der Waals surface area (Å²) in [6, 6.07) is 8.81. The highest BCUT2D eigenvalue weighted by Gasteiger charge is 2.23. The average Bonchev–Trinajstić information content (AvgIpc) is 2.47. The quantitative estimate of drug-likeness (QED) is 0.873. The fourth-order valence-corrected chi connectivity index (χ4v) is 1.66. The van der Waals surface area contributed by atoms with Crippen molar-refractivity contribution in [3.63, 3.8) is 0 Å². The molecule has 6 nitrogen and oxygen atoms in total. The maximum absolute atomic E-state index is 12.0. The first-order chi connectivity index (χ1) is 9.31. The molecule has 6 heteroatoms. The van der Waals surface area contributed by atoms with Gasteiger partial charge in [-0.2, -0.15) is 5.26 Å². The predicted octanol–water partition coefficient (Wildman–Crippen LogP) is 0.943. The van der Waals surface area contributed by atoms with Crippen LogP contribution in [-0.2, 0) is 14.3 Å². The van der Waals surface area contributed by atoms with Crippen molar-refractivity contribution in [1.82, 2.24) is 0 Å². The van der Waals surface area contributed by atoms with Gasteiger partial charge in [0, 0.05) is 0 Å². The van der Waals surface area contributed by atoms with Gasteiger partial charge in [0.05, 0.1) is 25.5 Å². The number of carbonyl (C=O) groups is 1. The number of anilines is 1. The van der Waals surface area contributed by atoms with E-state index >= 15 is 0 Å². The first-order valence-corrected chi connectivity index (χ1v) is 5.90. The van der Waals surface area contributed by atoms with Crippen molar-refractivity contribution in [1.29, 1.82) is 5.26 Å². The molecule has 2 rings (SSSR count). The van der Waals surface area contributed by atoms with Crippen molar-refractivity contribution in [2.75, 3.05) is 31.7 Å². The van der Waals surface area contributed by atoms with Crippen LogP contribution in [0.25, 0.3) is 0 Å². The van der Waals surface area contributed by atoms with Crippen molar-refractivity contribution in [2.24, 2.45) is 0 Å². The van der Waals surface area contributed by atoms with Gasteiger partial charge in [-0.1, -0.05) is 12.1 Å². The predicted molar refractivity (Wildman–Crippen MR) is 66.7 cm³/mol. The number of amides is 1. The van der Waals surface area contributed by atoms with Crippen LogP contribution in [0.2, 0.25) is 0 Å². The van der Waals surface area contributed by atoms with Gasteiger partial charge in [0.1, 0.15) is 11.8 Å². The number of para-hydroxylation sites is 2. The van der Waals surface area contributed by atoms with Crippen molar-refractivity contribution < 1.29 is 19.0 Å². The van der Waals surface area contributed by atoms with Crippen LogP contribution in [0.15, 0.2) is 24.3 Å². The molecular formula is C13H14N2O4. The average molecular weight is 262 g/mol. The molecule has 1 amide bonds. The number of hydrogen-bond acceptors (Lipinski definition) is 5. The van der Waals surface area contributed by atoms with E-state index < -0.39 is 6.10 Å². The third kappa shape index (κ3) is 3.68. The Morgan fingerprint density at radius 1 is 1.47 bits per heavy atom. The Morgan fingerprint density at radius 2 is 2.32 bits per heavy atom. The van der Waals surface area contributed by atoms with Gasteiger partial charge >= 0.3 is 0 Å². The number of nitrogens with one attached hydrogen (secondary N) is 1. The van der Waals surface area contributed by atoms with Gasteiger partial charge in [-0.3, -0.25) is 4.79 Å². The monoisotopic (exact) mass is 262 g/mol. The molecule has 0 spiro atoms. The van der Waals surface area contributed by atoms with E-state index in [1.165, 1.54) is 0 Å². The maximum Gasteiger partial charge on any atom is 0.256 e. The molecule has 1 N–H and O–H groups in total. The molecule has 1 aromatic rings. The summed E-state index contributed by atoms with van der Waals surface area (Å²) < 4.78 is 15.7. The van der Waals surface area contributed by atoms with E-state index in [0.29, 0.717) is 24.7 Å². The molecule has 1 aromatic carbocycles. The van der Waals surface area contributed by atoms with Crippen LogP contribution in [0.1, 0.15) is 0 Å². The summed E-state index contributed by atoms with van der Waals surface area (Å²) in [4.78, 5) is 12.0. The highest BCUT2D eigenvalue weighted by atomic mass is 16.6. The van der Waals surface area contributed by atoms with Gasteiger partial charge in [-0.15, -0.1) is 0 Å². The van der Waals surface area contributed by atoms with Crippen LogP contribution in [0.3, 0.4) is 0 Å². The second-order valence-corrected chi connectivity index (χ2v) is 3.87. The number of benzene rings is 1. The zero-order chi connectivity index (χ0) is 13.5. The summed E-state index contributed by atoms with van der Waals surface area (Å²) in [6.45, 7) is 1.08. The topological polar surface area (TPSA) is 80.6 Å². The largest absolute Gasteiger partial charge is 0.477 e. The first-order valence-electron chi connectivity index (χ1n) is 5.90. The minimum atomic E-state index is -0.613. The molecule has 0 aliphatic carbocycles. The first kappa shape index (κ1) is 13.3. The second kappa shape index (κ2) is 6.73. The lowest BCUT2D eigenvalue weighted by Crippen LogP contribution is -2.39. The van der Waals surface area contributed by atoms with E-state index in [1.54, 1.807) is 24.3 Å². The van der Waals surface area contributed by atoms with E-state index in [-0.39, 0.29) is 19.1 Å². The van der Waals surface area contributed by atoms with Gasteiger partial charge in [0.15, 0.2) is 12.7 Å². The van der Waals surface area contributed by atoms with E-state index in [1.807, 2.05) is 6.07 Å². The van der Waals surface area contributed by atoms with E-state index in [4.69, 9.17) is 19.5 Å². The fraction of sp³-hybridized carbons (Fsp3) is 0.385. The molecule has 1 aliphatic heterocycles. The van der Waals surface area contributed by atoms with Crippen molar-refractivity contribution in [3.05, 3.63) is 24.3 Å². The number of hydrogen-bond donors (Lipinski definition) is 1. The normalized spacial score (nSPS) is 18.4. The highest BCUT2D eigenvalue weighted by molar-refractivity contribution is 5.95. The molecule has 1 heterocycles. The highest BCUT2D eigenvalue weighted by Crippen LogP contribution is 2.24. The maximum atomic E-state index is 12.0. The van der Waals surface area contributed by atoms with Crippen LogP contribution in [0, 0.1) is 11.3 Å². The minimum Gasteiger partial charge on any atom is -0.477 e. The summed E-state index contributed by atoms with van der Waals surface area (Å²) in [5, 5.41) is 11.2. The van der Waals surface area contributed by atoms with E-state index in [0.717, 1.165) is 0 Å². The Labute approximate surface area is 110 Å². The molecule has 1 atom stereocenters. The number of nitriles is 1. The molecule has 19 heavy (non-hydrogen) atoms. The Hall–Kier alpha value is -2.10. The Balaban J connectivity index is 2.01. The number of rotatable bonds is 4. The number of nitrogens with zero attached hydrogens (tertiary/aromatic N) is 1. The fourth-order valence-electron chi connectivity index (χ4n) is 1.66. The molecule has 1 aliphatic rings. The number of carbonyl (C=O) groups excluding carboxylic acids is 1. The van der Waals surface area contributed by atoms with Gasteiger partial charge in [0.25, 0.3) is 5.91 Å². The summed E-state index contributed by atoms with van der Waals surface area (Å²) in [6.07, 6.45) is -0.613. The van der Waals surface area contributed by atoms with E-state index in [2.05, 4.69) is 5.32 Å². The third-order valence-electron chi connectivity index (χ3n) is 2.55.